The number of piperidine rings is 1. The molecular weight excluding hydrogens is 176 g/mol. The van der Waals surface area contributed by atoms with Crippen molar-refractivity contribution < 1.29 is 13.9 Å². The van der Waals surface area contributed by atoms with Gasteiger partial charge in [-0.15, -0.1) is 6.58 Å². The predicted molar refractivity (Wildman–Crippen MR) is 46.8 cm³/mol. The van der Waals surface area contributed by atoms with Crippen molar-refractivity contribution in [1.29, 1.82) is 0 Å². The highest BCUT2D eigenvalue weighted by atomic mass is 19.3. The van der Waals surface area contributed by atoms with Crippen LogP contribution in [0.2, 0.25) is 0 Å². The molecule has 1 N–H and O–H groups in total. The van der Waals surface area contributed by atoms with Gasteiger partial charge in [-0.25, -0.2) is 8.78 Å². The summed E-state index contributed by atoms with van der Waals surface area (Å²) in [6.45, 7) is 4.95. The van der Waals surface area contributed by atoms with Crippen molar-refractivity contribution in [3.8, 4) is 0 Å². The number of nitrogens with zero attached hydrogens (tertiary/aromatic N) is 1. The van der Waals surface area contributed by atoms with Crippen LogP contribution < -0.4 is 0 Å². The summed E-state index contributed by atoms with van der Waals surface area (Å²) in [7, 11) is 0. The van der Waals surface area contributed by atoms with E-state index < -0.39 is 18.4 Å². The second-order valence-corrected chi connectivity index (χ2v) is 3.49. The first-order valence-electron chi connectivity index (χ1n) is 4.43. The second kappa shape index (κ2) is 4.67. The Kier molecular flexibility index (Phi) is 3.81. The Morgan fingerprint density at radius 1 is 1.54 bits per heavy atom. The average molecular weight is 191 g/mol. The first-order valence-corrected chi connectivity index (χ1v) is 4.43. The van der Waals surface area contributed by atoms with E-state index in [2.05, 4.69) is 6.58 Å². The van der Waals surface area contributed by atoms with Crippen LogP contribution >= 0.6 is 0 Å². The van der Waals surface area contributed by atoms with Crippen LogP contribution in [0.15, 0.2) is 12.7 Å². The minimum absolute atomic E-state index is 0.214. The smallest absolute Gasteiger partial charge is 0.242 e. The van der Waals surface area contributed by atoms with E-state index in [1.54, 1.807) is 11.0 Å². The van der Waals surface area contributed by atoms with E-state index >= 15 is 0 Å². The molecule has 0 saturated carbocycles. The van der Waals surface area contributed by atoms with Crippen LogP contribution in [-0.2, 0) is 0 Å². The standard InChI is InChI=1S/C9H15F2NO/c1-2-3-12-5-7(9(10)11)4-8(13)6-12/h2,7-9,13H,1,3-6H2. The predicted octanol–water partition coefficient (Wildman–Crippen LogP) is 1.12. The summed E-state index contributed by atoms with van der Waals surface area (Å²) >= 11 is 0. The molecule has 0 spiro atoms. The molecule has 1 saturated heterocycles. The van der Waals surface area contributed by atoms with Crippen LogP contribution in [0, 0.1) is 5.92 Å². The van der Waals surface area contributed by atoms with Gasteiger partial charge in [-0.05, 0) is 6.42 Å². The van der Waals surface area contributed by atoms with Crippen LogP contribution in [-0.4, -0.2) is 42.2 Å². The Hall–Kier alpha value is -0.480. The Bertz CT molecular complexity index is 175. The van der Waals surface area contributed by atoms with Crippen LogP contribution in [0.3, 0.4) is 0 Å². The van der Waals surface area contributed by atoms with Gasteiger partial charge >= 0.3 is 0 Å². The molecule has 0 amide bonds. The largest absolute Gasteiger partial charge is 0.392 e. The summed E-state index contributed by atoms with van der Waals surface area (Å²) in [4.78, 5) is 1.80. The maximum Gasteiger partial charge on any atom is 0.242 e. The molecule has 1 aliphatic rings. The SMILES string of the molecule is C=CCN1CC(O)CC(C(F)F)C1. The maximum absolute atomic E-state index is 12.3. The molecule has 0 bridgehead atoms. The minimum atomic E-state index is -2.33. The number of aliphatic hydroxyl groups is 1. The van der Waals surface area contributed by atoms with E-state index in [4.69, 9.17) is 0 Å². The van der Waals surface area contributed by atoms with Gasteiger partial charge in [0.2, 0.25) is 6.43 Å². The highest BCUT2D eigenvalue weighted by Crippen LogP contribution is 2.22. The van der Waals surface area contributed by atoms with Crippen LogP contribution in [0.4, 0.5) is 8.78 Å². The molecule has 1 aliphatic heterocycles. The lowest BCUT2D eigenvalue weighted by Crippen LogP contribution is -2.45. The third kappa shape index (κ3) is 3.04. The van der Waals surface area contributed by atoms with E-state index in [1.165, 1.54) is 0 Å². The van der Waals surface area contributed by atoms with Crippen molar-refractivity contribution in [1.82, 2.24) is 4.90 Å². The number of rotatable bonds is 3. The molecule has 1 fully saturated rings. The van der Waals surface area contributed by atoms with Crippen LogP contribution in [0.25, 0.3) is 0 Å². The van der Waals surface area contributed by atoms with Crippen molar-refractivity contribution in [2.75, 3.05) is 19.6 Å². The summed E-state index contributed by atoms with van der Waals surface area (Å²) in [5.41, 5.74) is 0. The van der Waals surface area contributed by atoms with Gasteiger partial charge < -0.3 is 5.11 Å². The quantitative estimate of drug-likeness (QED) is 0.676. The van der Waals surface area contributed by atoms with Crippen molar-refractivity contribution in [2.45, 2.75) is 19.0 Å². The first kappa shape index (κ1) is 10.6. The minimum Gasteiger partial charge on any atom is -0.392 e. The molecule has 1 heterocycles. The average Bonchev–Trinajstić information content (AvgIpc) is 2.03. The lowest BCUT2D eigenvalue weighted by atomic mass is 9.96. The van der Waals surface area contributed by atoms with Gasteiger partial charge in [0.05, 0.1) is 6.10 Å². The third-order valence-electron chi connectivity index (χ3n) is 2.28. The fraction of sp³-hybridized carbons (Fsp3) is 0.778. The lowest BCUT2D eigenvalue weighted by molar-refractivity contribution is -0.0220. The van der Waals surface area contributed by atoms with E-state index in [1.807, 2.05) is 0 Å². The van der Waals surface area contributed by atoms with Gasteiger partial charge in [0.15, 0.2) is 0 Å². The lowest BCUT2D eigenvalue weighted by Gasteiger charge is -2.34. The molecule has 0 aliphatic carbocycles. The number of hydrogen-bond donors (Lipinski definition) is 1. The van der Waals surface area contributed by atoms with E-state index in [9.17, 15) is 13.9 Å². The molecule has 0 aromatic rings. The van der Waals surface area contributed by atoms with Crippen molar-refractivity contribution >= 4 is 0 Å². The zero-order valence-corrected chi connectivity index (χ0v) is 7.50. The summed E-state index contributed by atoms with van der Waals surface area (Å²) in [5, 5.41) is 9.32. The van der Waals surface area contributed by atoms with Gasteiger partial charge in [-0.2, -0.15) is 0 Å². The topological polar surface area (TPSA) is 23.5 Å². The molecule has 1 rings (SSSR count). The maximum atomic E-state index is 12.3. The fourth-order valence-electron chi connectivity index (χ4n) is 1.72. The zero-order valence-electron chi connectivity index (χ0n) is 7.50. The molecular formula is C9H15F2NO. The number of likely N-dealkylation sites (tertiary alicyclic amines) is 1. The van der Waals surface area contributed by atoms with Gasteiger partial charge in [0.25, 0.3) is 0 Å². The molecule has 0 aromatic heterocycles. The Balaban J connectivity index is 2.47. The van der Waals surface area contributed by atoms with Gasteiger partial charge in [0, 0.05) is 25.6 Å². The first-order chi connectivity index (χ1) is 6.13. The summed E-state index contributed by atoms with van der Waals surface area (Å²) < 4.78 is 24.7. The number of β-amino-alcohol motifs (C(OH)–C–C–N with tert-alkyl or cyclic N) is 1. The van der Waals surface area contributed by atoms with Crippen LogP contribution in [0.1, 0.15) is 6.42 Å². The van der Waals surface area contributed by atoms with Gasteiger partial charge in [0.1, 0.15) is 0 Å². The summed E-state index contributed by atoms with van der Waals surface area (Å²) in [6, 6.07) is 0. The van der Waals surface area contributed by atoms with Crippen LogP contribution in [0.5, 0.6) is 0 Å². The Morgan fingerprint density at radius 2 is 2.23 bits per heavy atom. The Morgan fingerprint density at radius 3 is 2.77 bits per heavy atom. The second-order valence-electron chi connectivity index (χ2n) is 3.49. The molecule has 2 nitrogen and oxygen atoms in total. The van der Waals surface area contributed by atoms with E-state index in [0.717, 1.165) is 0 Å². The normalized spacial score (nSPS) is 30.8. The van der Waals surface area contributed by atoms with Crippen molar-refractivity contribution in [3.05, 3.63) is 12.7 Å². The van der Waals surface area contributed by atoms with Gasteiger partial charge in [-0.1, -0.05) is 6.08 Å². The van der Waals surface area contributed by atoms with E-state index in [-0.39, 0.29) is 6.42 Å². The highest BCUT2D eigenvalue weighted by molar-refractivity contribution is 4.83. The van der Waals surface area contributed by atoms with Gasteiger partial charge in [-0.3, -0.25) is 4.90 Å². The zero-order chi connectivity index (χ0) is 9.84. The molecule has 0 aromatic carbocycles. The van der Waals surface area contributed by atoms with Crippen molar-refractivity contribution in [3.63, 3.8) is 0 Å². The Labute approximate surface area is 76.8 Å². The molecule has 0 radical (unpaired) electrons. The fourth-order valence-corrected chi connectivity index (χ4v) is 1.72. The summed E-state index contributed by atoms with van der Waals surface area (Å²) in [5.74, 6) is -0.691. The molecule has 2 atom stereocenters. The number of aliphatic hydroxyl groups excluding tert-OH is 1. The molecule has 13 heavy (non-hydrogen) atoms. The number of alkyl halides is 2. The number of halogens is 2. The monoisotopic (exact) mass is 191 g/mol. The van der Waals surface area contributed by atoms with Crippen molar-refractivity contribution in [2.24, 2.45) is 5.92 Å². The van der Waals surface area contributed by atoms with E-state index in [0.29, 0.717) is 19.6 Å². The highest BCUT2D eigenvalue weighted by Gasteiger charge is 2.30. The summed E-state index contributed by atoms with van der Waals surface area (Å²) in [6.07, 6.45) is -1.07. The number of hydrogen-bond acceptors (Lipinski definition) is 2. The molecule has 76 valence electrons. The molecule has 4 heteroatoms. The molecule has 2 unspecified atom stereocenters. The third-order valence-corrected chi connectivity index (χ3v) is 2.28.